The zero-order chi connectivity index (χ0) is 22.1. The van der Waals surface area contributed by atoms with Gasteiger partial charge < -0.3 is 9.64 Å². The minimum absolute atomic E-state index is 0.0784. The van der Waals surface area contributed by atoms with Crippen molar-refractivity contribution in [1.82, 2.24) is 19.3 Å². The second-order valence-electron chi connectivity index (χ2n) is 7.60. The van der Waals surface area contributed by atoms with Crippen LogP contribution in [0.4, 0.5) is 0 Å². The maximum absolute atomic E-state index is 12.4. The Hall–Kier alpha value is -3.64. The molecule has 2 aromatic carbocycles. The highest BCUT2D eigenvalue weighted by Gasteiger charge is 2.32. The number of carbonyl (C=O) groups is 1. The number of imidazole rings is 1. The number of aromatic nitrogens is 3. The van der Waals surface area contributed by atoms with Crippen LogP contribution < -0.4 is 4.74 Å². The minimum atomic E-state index is -0.111. The molecule has 2 aromatic heterocycles. The number of amides is 1. The average molecular weight is 445 g/mol. The molecule has 1 saturated heterocycles. The van der Waals surface area contributed by atoms with E-state index >= 15 is 0 Å². The molecule has 1 aliphatic heterocycles. The lowest BCUT2D eigenvalue weighted by atomic mass is 10.1. The van der Waals surface area contributed by atoms with Crippen LogP contribution in [0.15, 0.2) is 79.8 Å². The Bertz CT molecular complexity index is 1300. The molecule has 1 atom stereocenters. The summed E-state index contributed by atoms with van der Waals surface area (Å²) in [6.07, 6.45) is 8.53. The fourth-order valence-corrected chi connectivity index (χ4v) is 4.39. The standard InChI is InChI=1S/C25H21ClN4O2/c1-2-23(31)29-13-6-9-20(29)25-28-24(21-16-27-12-14-30(21)25)17-10-11-22(19(26)15-17)32-18-7-4-3-5-8-18/h2-5,7-8,10-12,14-16,20H,1,6,9,13H2. The molecule has 1 aliphatic rings. The highest BCUT2D eigenvalue weighted by Crippen LogP contribution is 2.37. The highest BCUT2D eigenvalue weighted by molar-refractivity contribution is 6.32. The molecule has 3 heterocycles. The Morgan fingerprint density at radius 2 is 2.06 bits per heavy atom. The summed E-state index contributed by atoms with van der Waals surface area (Å²) in [5, 5.41) is 0.488. The van der Waals surface area contributed by atoms with Crippen molar-refractivity contribution in [2.45, 2.75) is 18.9 Å². The second kappa shape index (κ2) is 8.48. The van der Waals surface area contributed by atoms with Gasteiger partial charge in [-0.1, -0.05) is 36.4 Å². The van der Waals surface area contributed by atoms with Gasteiger partial charge in [0.15, 0.2) is 0 Å². The van der Waals surface area contributed by atoms with Crippen LogP contribution in [0, 0.1) is 0 Å². The summed E-state index contributed by atoms with van der Waals surface area (Å²) in [6, 6.07) is 15.0. The first-order chi connectivity index (χ1) is 15.7. The number of nitrogens with zero attached hydrogens (tertiary/aromatic N) is 4. The van der Waals surface area contributed by atoms with Gasteiger partial charge in [0.2, 0.25) is 5.91 Å². The molecule has 5 rings (SSSR count). The van der Waals surface area contributed by atoms with Crippen LogP contribution in [0.1, 0.15) is 24.7 Å². The number of hydrogen-bond acceptors (Lipinski definition) is 4. The third kappa shape index (κ3) is 3.63. The molecule has 7 heteroatoms. The van der Waals surface area contributed by atoms with Crippen LogP contribution in [-0.4, -0.2) is 31.7 Å². The van der Waals surface area contributed by atoms with Gasteiger partial charge in [-0.15, -0.1) is 0 Å². The lowest BCUT2D eigenvalue weighted by Gasteiger charge is -2.22. The van der Waals surface area contributed by atoms with E-state index in [0.717, 1.165) is 35.4 Å². The number of carbonyl (C=O) groups excluding carboxylic acids is 1. The predicted molar refractivity (Wildman–Crippen MR) is 124 cm³/mol. The summed E-state index contributed by atoms with van der Waals surface area (Å²) in [5.41, 5.74) is 2.47. The summed E-state index contributed by atoms with van der Waals surface area (Å²) < 4.78 is 7.91. The van der Waals surface area contributed by atoms with Gasteiger partial charge in [0.1, 0.15) is 17.3 Å². The summed E-state index contributed by atoms with van der Waals surface area (Å²) in [7, 11) is 0. The topological polar surface area (TPSA) is 59.7 Å². The zero-order valence-corrected chi connectivity index (χ0v) is 18.1. The van der Waals surface area contributed by atoms with Crippen LogP contribution in [0.2, 0.25) is 5.02 Å². The Labute approximate surface area is 190 Å². The summed E-state index contributed by atoms with van der Waals surface area (Å²) >= 11 is 6.56. The molecule has 0 radical (unpaired) electrons. The molecule has 0 N–H and O–H groups in total. The van der Waals surface area contributed by atoms with E-state index in [4.69, 9.17) is 21.3 Å². The lowest BCUT2D eigenvalue weighted by Crippen LogP contribution is -2.29. The molecule has 1 unspecified atom stereocenters. The number of para-hydroxylation sites is 1. The van der Waals surface area contributed by atoms with Crippen molar-refractivity contribution >= 4 is 23.0 Å². The van der Waals surface area contributed by atoms with E-state index in [1.807, 2.05) is 64.0 Å². The zero-order valence-electron chi connectivity index (χ0n) is 17.3. The Kier molecular flexibility index (Phi) is 5.37. The summed E-state index contributed by atoms with van der Waals surface area (Å²) in [6.45, 7) is 4.34. The Morgan fingerprint density at radius 3 is 2.84 bits per heavy atom. The van der Waals surface area contributed by atoms with E-state index < -0.39 is 0 Å². The van der Waals surface area contributed by atoms with Crippen LogP contribution in [0.5, 0.6) is 11.5 Å². The fourth-order valence-electron chi connectivity index (χ4n) is 4.17. The van der Waals surface area contributed by atoms with Crippen LogP contribution in [-0.2, 0) is 4.79 Å². The number of halogens is 1. The largest absolute Gasteiger partial charge is 0.456 e. The number of hydrogen-bond donors (Lipinski definition) is 0. The molecule has 1 amide bonds. The van der Waals surface area contributed by atoms with E-state index in [1.165, 1.54) is 6.08 Å². The summed E-state index contributed by atoms with van der Waals surface area (Å²) in [5.74, 6) is 2.02. The molecule has 0 spiro atoms. The number of ether oxygens (including phenoxy) is 1. The monoisotopic (exact) mass is 444 g/mol. The van der Waals surface area contributed by atoms with Gasteiger partial charge in [-0.3, -0.25) is 14.2 Å². The van der Waals surface area contributed by atoms with Gasteiger partial charge in [0, 0.05) is 24.5 Å². The molecule has 160 valence electrons. The van der Waals surface area contributed by atoms with Gasteiger partial charge in [-0.25, -0.2) is 4.98 Å². The van der Waals surface area contributed by atoms with E-state index in [9.17, 15) is 4.79 Å². The van der Waals surface area contributed by atoms with E-state index in [2.05, 4.69) is 11.6 Å². The third-order valence-corrected chi connectivity index (χ3v) is 5.95. The molecule has 0 bridgehead atoms. The molecule has 6 nitrogen and oxygen atoms in total. The van der Waals surface area contributed by atoms with Gasteiger partial charge >= 0.3 is 0 Å². The smallest absolute Gasteiger partial charge is 0.246 e. The second-order valence-corrected chi connectivity index (χ2v) is 8.01. The van der Waals surface area contributed by atoms with Gasteiger partial charge in [0.25, 0.3) is 0 Å². The molecule has 4 aromatic rings. The van der Waals surface area contributed by atoms with Crippen molar-refractivity contribution in [2.24, 2.45) is 0 Å². The molecule has 32 heavy (non-hydrogen) atoms. The molecule has 1 fully saturated rings. The van der Waals surface area contributed by atoms with Gasteiger partial charge in [0.05, 0.1) is 28.5 Å². The van der Waals surface area contributed by atoms with Crippen molar-refractivity contribution in [3.05, 3.63) is 90.6 Å². The van der Waals surface area contributed by atoms with Gasteiger partial charge in [-0.2, -0.15) is 0 Å². The van der Waals surface area contributed by atoms with Crippen molar-refractivity contribution in [2.75, 3.05) is 6.54 Å². The highest BCUT2D eigenvalue weighted by atomic mass is 35.5. The molecule has 0 saturated carbocycles. The third-order valence-electron chi connectivity index (χ3n) is 5.66. The first-order valence-electron chi connectivity index (χ1n) is 10.4. The molecule has 0 aliphatic carbocycles. The normalized spacial score (nSPS) is 15.8. The van der Waals surface area contributed by atoms with Crippen LogP contribution in [0.25, 0.3) is 16.8 Å². The lowest BCUT2D eigenvalue weighted by molar-refractivity contribution is -0.127. The SMILES string of the molecule is C=CC(=O)N1CCCC1c1nc(-c2ccc(Oc3ccccc3)c(Cl)c2)c2cnccn12. The van der Waals surface area contributed by atoms with Crippen molar-refractivity contribution in [3.8, 4) is 22.8 Å². The van der Waals surface area contributed by atoms with Crippen molar-refractivity contribution in [3.63, 3.8) is 0 Å². The first-order valence-corrected chi connectivity index (χ1v) is 10.8. The quantitative estimate of drug-likeness (QED) is 0.371. The summed E-state index contributed by atoms with van der Waals surface area (Å²) in [4.78, 5) is 23.4. The average Bonchev–Trinajstić information content (AvgIpc) is 3.45. The van der Waals surface area contributed by atoms with E-state index in [1.54, 1.807) is 12.4 Å². The van der Waals surface area contributed by atoms with Crippen molar-refractivity contribution < 1.29 is 9.53 Å². The van der Waals surface area contributed by atoms with Gasteiger partial charge in [-0.05, 0) is 49.2 Å². The van der Waals surface area contributed by atoms with Crippen molar-refractivity contribution in [1.29, 1.82) is 0 Å². The number of fused-ring (bicyclic) bond motifs is 1. The van der Waals surface area contributed by atoms with E-state index in [0.29, 0.717) is 23.1 Å². The molecular weight excluding hydrogens is 424 g/mol. The Morgan fingerprint density at radius 1 is 1.22 bits per heavy atom. The van der Waals surface area contributed by atoms with Crippen LogP contribution in [0.3, 0.4) is 0 Å². The maximum Gasteiger partial charge on any atom is 0.246 e. The fraction of sp³-hybridized carbons (Fsp3) is 0.160. The Balaban J connectivity index is 1.54. The minimum Gasteiger partial charge on any atom is -0.456 e. The number of likely N-dealkylation sites (tertiary alicyclic amines) is 1. The first kappa shape index (κ1) is 20.3. The number of benzene rings is 2. The maximum atomic E-state index is 12.4. The predicted octanol–water partition coefficient (Wildman–Crippen LogP) is 5.69. The number of rotatable bonds is 5. The molecular formula is C25H21ClN4O2. The van der Waals surface area contributed by atoms with Crippen LogP contribution >= 0.6 is 11.6 Å². The van der Waals surface area contributed by atoms with E-state index in [-0.39, 0.29) is 11.9 Å².